The normalized spacial score (nSPS) is 21.1. The molecule has 0 unspecified atom stereocenters. The van der Waals surface area contributed by atoms with Crippen molar-refractivity contribution in [2.24, 2.45) is 11.8 Å². The summed E-state index contributed by atoms with van der Waals surface area (Å²) in [5, 5.41) is 9.65. The van der Waals surface area contributed by atoms with E-state index in [1.165, 1.54) is 44.9 Å². The number of hydrogen-bond donors (Lipinski definition) is 1. The molecule has 8 heteroatoms. The second-order valence-electron chi connectivity index (χ2n) is 9.63. The van der Waals surface area contributed by atoms with Crippen LogP contribution in [0.2, 0.25) is 0 Å². The van der Waals surface area contributed by atoms with Crippen molar-refractivity contribution in [1.82, 2.24) is 25.1 Å². The minimum Gasteiger partial charge on any atom is -0.356 e. The first kappa shape index (κ1) is 24.3. The molecule has 2 aliphatic rings. The Balaban J connectivity index is 1.36. The summed E-state index contributed by atoms with van der Waals surface area (Å²) in [4.78, 5) is 24.8. The van der Waals surface area contributed by atoms with Gasteiger partial charge in [0.15, 0.2) is 10.8 Å². The first-order chi connectivity index (χ1) is 16.2. The fourth-order valence-corrected chi connectivity index (χ4v) is 5.84. The average Bonchev–Trinajstić information content (AvgIpc) is 3.52. The van der Waals surface area contributed by atoms with Gasteiger partial charge in [-0.15, -0.1) is 0 Å². The van der Waals surface area contributed by atoms with Crippen molar-refractivity contribution in [3.8, 4) is 0 Å². The lowest BCUT2D eigenvalue weighted by Crippen LogP contribution is -2.35. The lowest BCUT2D eigenvalue weighted by atomic mass is 9.79. The smallest absolute Gasteiger partial charge is 0.223 e. The van der Waals surface area contributed by atoms with E-state index in [1.807, 2.05) is 10.9 Å². The van der Waals surface area contributed by atoms with E-state index in [0.717, 1.165) is 66.0 Å². The Morgan fingerprint density at radius 2 is 1.91 bits per heavy atom. The number of nitrogens with zero attached hydrogens (tertiary/aromatic N) is 5. The number of nitrogens with one attached hydrogen (secondary N) is 1. The monoisotopic (exact) mass is 472 g/mol. The summed E-state index contributed by atoms with van der Waals surface area (Å²) in [6, 6.07) is 0. The molecule has 1 saturated carbocycles. The minimum absolute atomic E-state index is 0.179. The van der Waals surface area contributed by atoms with E-state index in [1.54, 1.807) is 11.8 Å². The van der Waals surface area contributed by atoms with Crippen LogP contribution in [0.15, 0.2) is 11.4 Å². The average molecular weight is 473 g/mol. The topological polar surface area (TPSA) is 75.9 Å². The predicted molar refractivity (Wildman–Crippen MR) is 136 cm³/mol. The number of unbranched alkanes of at least 4 members (excludes halogenated alkanes) is 1. The zero-order valence-electron chi connectivity index (χ0n) is 20.4. The first-order valence-electron chi connectivity index (χ1n) is 13.1. The Morgan fingerprint density at radius 1 is 1.12 bits per heavy atom. The third-order valence-electron chi connectivity index (χ3n) is 7.10. The van der Waals surface area contributed by atoms with Crippen LogP contribution in [0, 0.1) is 11.8 Å². The lowest BCUT2D eigenvalue weighted by molar-refractivity contribution is -0.126. The molecule has 3 heterocycles. The molecule has 182 valence electrons. The van der Waals surface area contributed by atoms with Crippen LogP contribution in [0.3, 0.4) is 0 Å². The number of rotatable bonds is 11. The number of anilines is 1. The van der Waals surface area contributed by atoms with E-state index < -0.39 is 0 Å². The van der Waals surface area contributed by atoms with Gasteiger partial charge in [0.25, 0.3) is 0 Å². The van der Waals surface area contributed by atoms with Crippen molar-refractivity contribution < 1.29 is 4.79 Å². The number of thioether (sulfide) groups is 1. The molecule has 2 aromatic rings. The molecular formula is C25H40N6OS. The molecule has 0 radical (unpaired) electrons. The molecule has 33 heavy (non-hydrogen) atoms. The third-order valence-corrected chi connectivity index (χ3v) is 8.16. The van der Waals surface area contributed by atoms with Crippen molar-refractivity contribution >= 4 is 34.5 Å². The van der Waals surface area contributed by atoms with Crippen molar-refractivity contribution in [2.75, 3.05) is 30.3 Å². The molecule has 2 fully saturated rings. The van der Waals surface area contributed by atoms with E-state index >= 15 is 0 Å². The van der Waals surface area contributed by atoms with Crippen molar-refractivity contribution in [2.45, 2.75) is 89.8 Å². The summed E-state index contributed by atoms with van der Waals surface area (Å²) in [6.07, 6.45) is 13.8. The van der Waals surface area contributed by atoms with Crippen LogP contribution in [0.4, 0.5) is 5.82 Å². The molecule has 2 aromatic heterocycles. The molecule has 7 nitrogen and oxygen atoms in total. The summed E-state index contributed by atoms with van der Waals surface area (Å²) in [5.41, 5.74) is 0.885. The molecule has 1 aliphatic heterocycles. The van der Waals surface area contributed by atoms with Crippen molar-refractivity contribution in [1.29, 1.82) is 0 Å². The van der Waals surface area contributed by atoms with Crippen molar-refractivity contribution in [3.63, 3.8) is 0 Å². The van der Waals surface area contributed by atoms with Crippen LogP contribution < -0.4 is 10.2 Å². The quantitative estimate of drug-likeness (QED) is 0.365. The molecule has 0 atom stereocenters. The Bertz CT molecular complexity index is 902. The van der Waals surface area contributed by atoms with Gasteiger partial charge in [-0.3, -0.25) is 4.79 Å². The SMILES string of the molecule is CCCCC1CCC(C(=O)NCCn2ncc3c(N4CCCC4)nc(SCCC)nc32)CC1. The minimum atomic E-state index is 0.179. The van der Waals surface area contributed by atoms with Gasteiger partial charge in [0.05, 0.1) is 18.1 Å². The Morgan fingerprint density at radius 3 is 2.64 bits per heavy atom. The van der Waals surface area contributed by atoms with Gasteiger partial charge in [-0.1, -0.05) is 44.9 Å². The number of fused-ring (bicyclic) bond motifs is 1. The molecular weight excluding hydrogens is 432 g/mol. The summed E-state index contributed by atoms with van der Waals surface area (Å²) >= 11 is 1.71. The standard InChI is InChI=1S/C25H40N6OS/c1-3-5-8-19-9-11-20(12-10-19)24(32)26-13-16-31-23-21(18-27-31)22(30-14-6-7-15-30)28-25(29-23)33-17-4-2/h18-20H,3-17H2,1-2H3,(H,26,32). The molecule has 4 rings (SSSR count). The zero-order valence-corrected chi connectivity index (χ0v) is 21.2. The molecule has 1 saturated heterocycles. The van der Waals surface area contributed by atoms with Gasteiger partial charge in [-0.05, 0) is 50.9 Å². The molecule has 1 amide bonds. The maximum absolute atomic E-state index is 12.7. The van der Waals surface area contributed by atoms with Gasteiger partial charge < -0.3 is 10.2 Å². The van der Waals surface area contributed by atoms with E-state index in [-0.39, 0.29) is 11.8 Å². The third kappa shape index (κ3) is 6.19. The van der Waals surface area contributed by atoms with Gasteiger partial charge >= 0.3 is 0 Å². The number of hydrogen-bond acceptors (Lipinski definition) is 6. The van der Waals surface area contributed by atoms with Crippen LogP contribution in [-0.2, 0) is 11.3 Å². The lowest BCUT2D eigenvalue weighted by Gasteiger charge is -2.27. The highest BCUT2D eigenvalue weighted by molar-refractivity contribution is 7.99. The molecule has 0 bridgehead atoms. The highest BCUT2D eigenvalue weighted by Crippen LogP contribution is 2.32. The van der Waals surface area contributed by atoms with Crippen LogP contribution in [-0.4, -0.2) is 51.0 Å². The van der Waals surface area contributed by atoms with Crippen molar-refractivity contribution in [3.05, 3.63) is 6.20 Å². The van der Waals surface area contributed by atoms with Gasteiger partial charge in [-0.2, -0.15) is 5.10 Å². The van der Waals surface area contributed by atoms with Crippen LogP contribution in [0.5, 0.6) is 0 Å². The fourth-order valence-electron chi connectivity index (χ4n) is 5.15. The summed E-state index contributed by atoms with van der Waals surface area (Å²) in [7, 11) is 0. The summed E-state index contributed by atoms with van der Waals surface area (Å²) < 4.78 is 1.94. The number of aromatic nitrogens is 4. The molecule has 1 aliphatic carbocycles. The van der Waals surface area contributed by atoms with Gasteiger partial charge in [0.1, 0.15) is 5.82 Å². The van der Waals surface area contributed by atoms with Crippen LogP contribution in [0.1, 0.15) is 78.1 Å². The summed E-state index contributed by atoms with van der Waals surface area (Å²) in [5.74, 6) is 3.25. The second-order valence-corrected chi connectivity index (χ2v) is 10.7. The highest BCUT2D eigenvalue weighted by Gasteiger charge is 2.26. The maximum atomic E-state index is 12.7. The van der Waals surface area contributed by atoms with E-state index in [2.05, 4.69) is 29.2 Å². The predicted octanol–water partition coefficient (Wildman–Crippen LogP) is 5.04. The number of amides is 1. The zero-order chi connectivity index (χ0) is 23.0. The second kappa shape index (κ2) is 12.0. The highest BCUT2D eigenvalue weighted by atomic mass is 32.2. The number of carbonyl (C=O) groups is 1. The molecule has 1 N–H and O–H groups in total. The summed E-state index contributed by atoms with van der Waals surface area (Å²) in [6.45, 7) is 7.75. The maximum Gasteiger partial charge on any atom is 0.223 e. The van der Waals surface area contributed by atoms with Crippen LogP contribution >= 0.6 is 11.8 Å². The van der Waals surface area contributed by atoms with Crippen LogP contribution in [0.25, 0.3) is 11.0 Å². The van der Waals surface area contributed by atoms with Gasteiger partial charge in [-0.25, -0.2) is 14.6 Å². The Hall–Kier alpha value is -1.83. The van der Waals surface area contributed by atoms with E-state index in [0.29, 0.717) is 13.1 Å². The van der Waals surface area contributed by atoms with Gasteiger partial charge in [0.2, 0.25) is 5.91 Å². The molecule has 0 spiro atoms. The van der Waals surface area contributed by atoms with Gasteiger partial charge in [0, 0.05) is 31.3 Å². The van der Waals surface area contributed by atoms with E-state index in [4.69, 9.17) is 9.97 Å². The largest absolute Gasteiger partial charge is 0.356 e. The Labute approximate surface area is 202 Å². The Kier molecular flexibility index (Phi) is 8.87. The molecule has 0 aromatic carbocycles. The first-order valence-corrected chi connectivity index (χ1v) is 14.1. The van der Waals surface area contributed by atoms with E-state index in [9.17, 15) is 4.79 Å². The number of carbonyl (C=O) groups excluding carboxylic acids is 1. The fraction of sp³-hybridized carbons (Fsp3) is 0.760.